The highest BCUT2D eigenvalue weighted by molar-refractivity contribution is 6.35. The van der Waals surface area contributed by atoms with Crippen molar-refractivity contribution in [2.24, 2.45) is 0 Å². The van der Waals surface area contributed by atoms with Gasteiger partial charge in [0.1, 0.15) is 6.29 Å². The first-order valence-electron chi connectivity index (χ1n) is 5.44. The lowest BCUT2D eigenvalue weighted by Crippen LogP contribution is -2.39. The number of rotatable bonds is 3. The second-order valence-corrected chi connectivity index (χ2v) is 4.74. The summed E-state index contributed by atoms with van der Waals surface area (Å²) in [6.45, 7) is 2.77. The van der Waals surface area contributed by atoms with Crippen LogP contribution in [0.1, 0.15) is 11.6 Å². The van der Waals surface area contributed by atoms with Crippen molar-refractivity contribution in [2.75, 3.05) is 26.3 Å². The average molecular weight is 274 g/mol. The Labute approximate surface area is 110 Å². The molecule has 1 heterocycles. The molecule has 0 amide bonds. The molecule has 0 saturated carbocycles. The van der Waals surface area contributed by atoms with E-state index in [0.29, 0.717) is 23.3 Å². The second-order valence-electron chi connectivity index (χ2n) is 3.90. The molecule has 92 valence electrons. The fourth-order valence-corrected chi connectivity index (χ4v) is 2.47. The molecular weight excluding hydrogens is 261 g/mol. The Morgan fingerprint density at radius 3 is 2.59 bits per heavy atom. The highest BCUT2D eigenvalue weighted by atomic mass is 35.5. The maximum atomic E-state index is 11.3. The van der Waals surface area contributed by atoms with Crippen LogP contribution in [0.25, 0.3) is 0 Å². The van der Waals surface area contributed by atoms with Crippen molar-refractivity contribution in [1.82, 2.24) is 4.90 Å². The lowest BCUT2D eigenvalue weighted by molar-refractivity contribution is -0.114. The lowest BCUT2D eigenvalue weighted by atomic mass is 10.1. The molecule has 1 atom stereocenters. The van der Waals surface area contributed by atoms with Crippen LogP contribution >= 0.6 is 23.2 Å². The summed E-state index contributed by atoms with van der Waals surface area (Å²) in [5.74, 6) is 0. The number of hydrogen-bond acceptors (Lipinski definition) is 3. The van der Waals surface area contributed by atoms with Crippen LogP contribution in [0.3, 0.4) is 0 Å². The fraction of sp³-hybridized carbons (Fsp3) is 0.417. The van der Waals surface area contributed by atoms with E-state index in [1.165, 1.54) is 0 Å². The third kappa shape index (κ3) is 2.99. The molecule has 0 N–H and O–H groups in total. The number of morpholine rings is 1. The van der Waals surface area contributed by atoms with Crippen molar-refractivity contribution in [1.29, 1.82) is 0 Å². The van der Waals surface area contributed by atoms with Crippen LogP contribution in [0.4, 0.5) is 0 Å². The van der Waals surface area contributed by atoms with Gasteiger partial charge in [0.05, 0.1) is 19.3 Å². The van der Waals surface area contributed by atoms with Gasteiger partial charge in [-0.3, -0.25) is 4.90 Å². The van der Waals surface area contributed by atoms with Crippen LogP contribution in [-0.4, -0.2) is 37.5 Å². The molecule has 1 aromatic rings. The lowest BCUT2D eigenvalue weighted by Gasteiger charge is -2.31. The summed E-state index contributed by atoms with van der Waals surface area (Å²) in [6.07, 6.45) is 0.917. The van der Waals surface area contributed by atoms with Crippen molar-refractivity contribution >= 4 is 29.5 Å². The number of carbonyl (C=O) groups is 1. The SMILES string of the molecule is O=CC(c1ccc(Cl)cc1Cl)N1CCOCC1. The molecule has 1 fully saturated rings. The monoisotopic (exact) mass is 273 g/mol. The first-order valence-corrected chi connectivity index (χ1v) is 6.20. The van der Waals surface area contributed by atoms with E-state index in [9.17, 15) is 4.79 Å². The van der Waals surface area contributed by atoms with E-state index >= 15 is 0 Å². The number of ether oxygens (including phenoxy) is 1. The fourth-order valence-electron chi connectivity index (χ4n) is 1.95. The zero-order valence-electron chi connectivity index (χ0n) is 9.23. The Morgan fingerprint density at radius 2 is 2.00 bits per heavy atom. The number of nitrogens with zero attached hydrogens (tertiary/aromatic N) is 1. The Morgan fingerprint density at radius 1 is 1.29 bits per heavy atom. The van der Waals surface area contributed by atoms with Gasteiger partial charge in [0.25, 0.3) is 0 Å². The predicted molar refractivity (Wildman–Crippen MR) is 67.7 cm³/mol. The van der Waals surface area contributed by atoms with Crippen molar-refractivity contribution < 1.29 is 9.53 Å². The predicted octanol–water partition coefficient (Wildman–Crippen LogP) is 2.57. The van der Waals surface area contributed by atoms with E-state index in [-0.39, 0.29) is 6.04 Å². The molecule has 17 heavy (non-hydrogen) atoms. The van der Waals surface area contributed by atoms with Gasteiger partial charge in [-0.15, -0.1) is 0 Å². The van der Waals surface area contributed by atoms with Gasteiger partial charge in [-0.2, -0.15) is 0 Å². The average Bonchev–Trinajstić information content (AvgIpc) is 2.34. The highest BCUT2D eigenvalue weighted by Crippen LogP contribution is 2.29. The van der Waals surface area contributed by atoms with E-state index in [2.05, 4.69) is 4.90 Å². The second kappa shape index (κ2) is 5.83. The number of benzene rings is 1. The summed E-state index contributed by atoms with van der Waals surface area (Å²) in [5, 5.41) is 1.10. The normalized spacial score (nSPS) is 18.9. The van der Waals surface area contributed by atoms with Crippen molar-refractivity contribution in [3.8, 4) is 0 Å². The third-order valence-corrected chi connectivity index (χ3v) is 3.41. The Hall–Kier alpha value is -0.610. The van der Waals surface area contributed by atoms with Gasteiger partial charge < -0.3 is 9.53 Å². The molecule has 2 rings (SSSR count). The maximum absolute atomic E-state index is 11.3. The maximum Gasteiger partial charge on any atom is 0.141 e. The topological polar surface area (TPSA) is 29.5 Å². The van der Waals surface area contributed by atoms with E-state index in [1.54, 1.807) is 18.2 Å². The number of halogens is 2. The van der Waals surface area contributed by atoms with Gasteiger partial charge >= 0.3 is 0 Å². The Bertz CT molecular complexity index is 405. The summed E-state index contributed by atoms with van der Waals surface area (Å²) < 4.78 is 5.27. The summed E-state index contributed by atoms with van der Waals surface area (Å²) in [7, 11) is 0. The Kier molecular flexibility index (Phi) is 4.40. The molecule has 1 aliphatic rings. The summed E-state index contributed by atoms with van der Waals surface area (Å²) >= 11 is 12.0. The molecule has 1 unspecified atom stereocenters. The van der Waals surface area contributed by atoms with Gasteiger partial charge in [0.15, 0.2) is 0 Å². The first kappa shape index (κ1) is 12.8. The van der Waals surface area contributed by atoms with E-state index < -0.39 is 0 Å². The summed E-state index contributed by atoms with van der Waals surface area (Å²) in [6, 6.07) is 4.90. The van der Waals surface area contributed by atoms with Crippen LogP contribution in [0.15, 0.2) is 18.2 Å². The highest BCUT2D eigenvalue weighted by Gasteiger charge is 2.23. The van der Waals surface area contributed by atoms with Gasteiger partial charge in [-0.05, 0) is 17.7 Å². The number of hydrogen-bond donors (Lipinski definition) is 0. The zero-order chi connectivity index (χ0) is 12.3. The van der Waals surface area contributed by atoms with Crippen molar-refractivity contribution in [3.63, 3.8) is 0 Å². The molecule has 0 spiro atoms. The molecular formula is C12H13Cl2NO2. The molecule has 0 radical (unpaired) electrons. The third-order valence-electron chi connectivity index (χ3n) is 2.85. The van der Waals surface area contributed by atoms with E-state index in [1.807, 2.05) is 0 Å². The molecule has 0 aromatic heterocycles. The standard InChI is InChI=1S/C12H13Cl2NO2/c13-9-1-2-10(11(14)7-9)12(8-16)15-3-5-17-6-4-15/h1-2,7-8,12H,3-6H2. The van der Waals surface area contributed by atoms with Crippen molar-refractivity contribution in [3.05, 3.63) is 33.8 Å². The van der Waals surface area contributed by atoms with Gasteiger partial charge in [-0.1, -0.05) is 29.3 Å². The van der Waals surface area contributed by atoms with E-state index in [0.717, 1.165) is 24.9 Å². The van der Waals surface area contributed by atoms with Gasteiger partial charge in [0, 0.05) is 23.1 Å². The molecule has 5 heteroatoms. The minimum Gasteiger partial charge on any atom is -0.379 e. The molecule has 0 aliphatic carbocycles. The van der Waals surface area contributed by atoms with Gasteiger partial charge in [-0.25, -0.2) is 0 Å². The minimum atomic E-state index is -0.316. The molecule has 1 aliphatic heterocycles. The van der Waals surface area contributed by atoms with Crippen LogP contribution < -0.4 is 0 Å². The zero-order valence-corrected chi connectivity index (χ0v) is 10.7. The molecule has 0 bridgehead atoms. The van der Waals surface area contributed by atoms with E-state index in [4.69, 9.17) is 27.9 Å². The van der Waals surface area contributed by atoms with Crippen LogP contribution in [-0.2, 0) is 9.53 Å². The smallest absolute Gasteiger partial charge is 0.141 e. The number of aldehydes is 1. The largest absolute Gasteiger partial charge is 0.379 e. The molecule has 3 nitrogen and oxygen atoms in total. The van der Waals surface area contributed by atoms with Gasteiger partial charge in [0.2, 0.25) is 0 Å². The number of carbonyl (C=O) groups excluding carboxylic acids is 1. The summed E-state index contributed by atoms with van der Waals surface area (Å²) in [5.41, 5.74) is 0.799. The molecule has 1 saturated heterocycles. The van der Waals surface area contributed by atoms with Crippen LogP contribution in [0.5, 0.6) is 0 Å². The van der Waals surface area contributed by atoms with Crippen LogP contribution in [0.2, 0.25) is 10.0 Å². The Balaban J connectivity index is 2.24. The summed E-state index contributed by atoms with van der Waals surface area (Å²) in [4.78, 5) is 13.3. The quantitative estimate of drug-likeness (QED) is 0.793. The van der Waals surface area contributed by atoms with Crippen molar-refractivity contribution in [2.45, 2.75) is 6.04 Å². The minimum absolute atomic E-state index is 0.316. The first-order chi connectivity index (χ1) is 8.22. The van der Waals surface area contributed by atoms with Crippen LogP contribution in [0, 0.1) is 0 Å². The molecule has 1 aromatic carbocycles.